The van der Waals surface area contributed by atoms with E-state index >= 15 is 0 Å². The molecule has 0 bridgehead atoms. The van der Waals surface area contributed by atoms with E-state index in [1.165, 1.54) is 10.9 Å². The second-order valence-electron chi connectivity index (χ2n) is 5.87. The molecule has 1 aliphatic rings. The molecular formula is C18H19N3OS. The average molecular weight is 325 g/mol. The lowest BCUT2D eigenvalue weighted by molar-refractivity contribution is 0.0788. The largest absolute Gasteiger partial charge is 0.339 e. The van der Waals surface area contributed by atoms with Crippen LogP contribution in [-0.4, -0.2) is 33.4 Å². The molecule has 0 unspecified atom stereocenters. The molecular weight excluding hydrogens is 306 g/mol. The van der Waals surface area contributed by atoms with E-state index in [-0.39, 0.29) is 5.91 Å². The van der Waals surface area contributed by atoms with Crippen LogP contribution in [0.2, 0.25) is 0 Å². The number of likely N-dealkylation sites (tertiary alicyclic amines) is 1. The number of thiazole rings is 1. The maximum Gasteiger partial charge on any atom is 0.273 e. The van der Waals surface area contributed by atoms with Crippen molar-refractivity contribution in [3.8, 4) is 10.7 Å². The van der Waals surface area contributed by atoms with E-state index < -0.39 is 0 Å². The number of aryl methyl sites for hydroxylation is 1. The molecule has 2 aromatic heterocycles. The highest BCUT2D eigenvalue weighted by atomic mass is 32.1. The maximum absolute atomic E-state index is 12.5. The Bertz CT molecular complexity index is 858. The van der Waals surface area contributed by atoms with Crippen LogP contribution in [-0.2, 0) is 6.54 Å². The lowest BCUT2D eigenvalue weighted by atomic mass is 10.2. The summed E-state index contributed by atoms with van der Waals surface area (Å²) < 4.78 is 2.26. The number of fused-ring (bicyclic) bond motifs is 1. The van der Waals surface area contributed by atoms with E-state index in [2.05, 4.69) is 46.8 Å². The first-order valence-electron chi connectivity index (χ1n) is 8.11. The molecule has 0 N–H and O–H groups in total. The fourth-order valence-corrected chi connectivity index (χ4v) is 4.12. The van der Waals surface area contributed by atoms with Gasteiger partial charge in [-0.1, -0.05) is 18.2 Å². The van der Waals surface area contributed by atoms with Gasteiger partial charge in [-0.15, -0.1) is 11.3 Å². The van der Waals surface area contributed by atoms with Crippen LogP contribution in [0.3, 0.4) is 0 Å². The molecule has 0 radical (unpaired) electrons. The summed E-state index contributed by atoms with van der Waals surface area (Å²) in [6, 6.07) is 10.5. The van der Waals surface area contributed by atoms with Gasteiger partial charge in [0.25, 0.3) is 5.91 Å². The van der Waals surface area contributed by atoms with Crippen molar-refractivity contribution in [1.82, 2.24) is 14.5 Å². The highest BCUT2D eigenvalue weighted by Crippen LogP contribution is 2.30. The fourth-order valence-electron chi connectivity index (χ4n) is 3.30. The van der Waals surface area contributed by atoms with Crippen molar-refractivity contribution in [2.75, 3.05) is 13.1 Å². The predicted octanol–water partition coefficient (Wildman–Crippen LogP) is 4.02. The molecule has 4 nitrogen and oxygen atoms in total. The van der Waals surface area contributed by atoms with Gasteiger partial charge in [0.05, 0.1) is 5.69 Å². The number of aromatic nitrogens is 2. The summed E-state index contributed by atoms with van der Waals surface area (Å²) in [7, 11) is 0. The summed E-state index contributed by atoms with van der Waals surface area (Å²) in [4.78, 5) is 19.0. The quantitative estimate of drug-likeness (QED) is 0.729. The molecule has 118 valence electrons. The number of rotatable bonds is 3. The van der Waals surface area contributed by atoms with Gasteiger partial charge in [0.2, 0.25) is 0 Å². The van der Waals surface area contributed by atoms with Crippen molar-refractivity contribution < 1.29 is 4.79 Å². The van der Waals surface area contributed by atoms with E-state index in [1.807, 2.05) is 10.3 Å². The number of hydrogen-bond acceptors (Lipinski definition) is 3. The number of para-hydroxylation sites is 1. The van der Waals surface area contributed by atoms with E-state index in [0.29, 0.717) is 5.69 Å². The zero-order chi connectivity index (χ0) is 15.8. The zero-order valence-electron chi connectivity index (χ0n) is 13.2. The van der Waals surface area contributed by atoms with Crippen molar-refractivity contribution in [3.63, 3.8) is 0 Å². The van der Waals surface area contributed by atoms with Gasteiger partial charge in [0.1, 0.15) is 10.7 Å². The van der Waals surface area contributed by atoms with Crippen molar-refractivity contribution in [2.45, 2.75) is 26.3 Å². The number of carbonyl (C=O) groups excluding carboxylic acids is 1. The second-order valence-corrected chi connectivity index (χ2v) is 6.73. The SMILES string of the molecule is CCn1c(-c2nc(C(=O)N3CCCC3)cs2)cc2ccccc21. The van der Waals surface area contributed by atoms with E-state index in [4.69, 9.17) is 0 Å². The Morgan fingerprint density at radius 2 is 2.04 bits per heavy atom. The predicted molar refractivity (Wildman–Crippen MR) is 93.9 cm³/mol. The van der Waals surface area contributed by atoms with Crippen molar-refractivity contribution in [1.29, 1.82) is 0 Å². The average Bonchev–Trinajstić information content (AvgIpc) is 3.31. The molecule has 1 aliphatic heterocycles. The molecule has 1 fully saturated rings. The zero-order valence-corrected chi connectivity index (χ0v) is 14.0. The van der Waals surface area contributed by atoms with Crippen LogP contribution < -0.4 is 0 Å². The Morgan fingerprint density at radius 3 is 2.83 bits per heavy atom. The van der Waals surface area contributed by atoms with E-state index in [9.17, 15) is 4.79 Å². The first-order valence-corrected chi connectivity index (χ1v) is 8.99. The van der Waals surface area contributed by atoms with Crippen LogP contribution in [0.4, 0.5) is 0 Å². The van der Waals surface area contributed by atoms with Crippen molar-refractivity contribution in [3.05, 3.63) is 41.4 Å². The van der Waals surface area contributed by atoms with Crippen LogP contribution in [0.5, 0.6) is 0 Å². The Morgan fingerprint density at radius 1 is 1.26 bits per heavy atom. The lowest BCUT2D eigenvalue weighted by Crippen LogP contribution is -2.27. The molecule has 4 rings (SSSR count). The normalized spacial score (nSPS) is 14.7. The Hall–Kier alpha value is -2.14. The molecule has 5 heteroatoms. The highest BCUT2D eigenvalue weighted by molar-refractivity contribution is 7.13. The van der Waals surface area contributed by atoms with Gasteiger partial charge in [-0.25, -0.2) is 4.98 Å². The third kappa shape index (κ3) is 2.45. The summed E-state index contributed by atoms with van der Waals surface area (Å²) in [6.07, 6.45) is 2.21. The minimum Gasteiger partial charge on any atom is -0.339 e. The van der Waals surface area contributed by atoms with Crippen molar-refractivity contribution in [2.24, 2.45) is 0 Å². The summed E-state index contributed by atoms with van der Waals surface area (Å²) >= 11 is 1.56. The summed E-state index contributed by atoms with van der Waals surface area (Å²) in [6.45, 7) is 4.75. The van der Waals surface area contributed by atoms with Crippen LogP contribution in [0.25, 0.3) is 21.6 Å². The number of amides is 1. The number of benzene rings is 1. The van der Waals surface area contributed by atoms with Gasteiger partial charge < -0.3 is 9.47 Å². The Labute approximate surface area is 139 Å². The van der Waals surface area contributed by atoms with Crippen LogP contribution in [0.15, 0.2) is 35.7 Å². The van der Waals surface area contributed by atoms with Gasteiger partial charge in [0.15, 0.2) is 0 Å². The first kappa shape index (κ1) is 14.5. The number of carbonyl (C=O) groups is 1. The third-order valence-electron chi connectivity index (χ3n) is 4.46. The smallest absolute Gasteiger partial charge is 0.273 e. The summed E-state index contributed by atoms with van der Waals surface area (Å²) in [5.74, 6) is 0.0733. The monoisotopic (exact) mass is 325 g/mol. The van der Waals surface area contributed by atoms with E-state index in [0.717, 1.165) is 43.2 Å². The molecule has 0 spiro atoms. The maximum atomic E-state index is 12.5. The molecule has 1 saturated heterocycles. The lowest BCUT2D eigenvalue weighted by Gasteiger charge is -2.12. The number of hydrogen-bond donors (Lipinski definition) is 0. The minimum atomic E-state index is 0.0733. The second kappa shape index (κ2) is 5.81. The van der Waals surface area contributed by atoms with Gasteiger partial charge in [-0.05, 0) is 31.9 Å². The molecule has 1 amide bonds. The van der Waals surface area contributed by atoms with Crippen molar-refractivity contribution >= 4 is 28.1 Å². The molecule has 3 heterocycles. The van der Waals surface area contributed by atoms with Gasteiger partial charge in [-0.3, -0.25) is 4.79 Å². The third-order valence-corrected chi connectivity index (χ3v) is 5.33. The standard InChI is InChI=1S/C18H19N3OS/c1-2-21-15-8-4-3-7-13(15)11-16(21)17-19-14(12-23-17)18(22)20-9-5-6-10-20/h3-4,7-8,11-12H,2,5-6,9-10H2,1H3. The molecule has 3 aromatic rings. The molecule has 23 heavy (non-hydrogen) atoms. The fraction of sp³-hybridized carbons (Fsp3) is 0.333. The first-order chi connectivity index (χ1) is 11.3. The molecule has 0 saturated carbocycles. The Balaban J connectivity index is 1.73. The topological polar surface area (TPSA) is 38.1 Å². The molecule has 0 aliphatic carbocycles. The highest BCUT2D eigenvalue weighted by Gasteiger charge is 2.22. The van der Waals surface area contributed by atoms with Gasteiger partial charge >= 0.3 is 0 Å². The number of nitrogens with zero attached hydrogens (tertiary/aromatic N) is 3. The summed E-state index contributed by atoms with van der Waals surface area (Å²) in [5, 5.41) is 4.03. The van der Waals surface area contributed by atoms with Gasteiger partial charge in [0, 0.05) is 35.9 Å². The minimum absolute atomic E-state index is 0.0733. The van der Waals surface area contributed by atoms with Crippen LogP contribution in [0.1, 0.15) is 30.3 Å². The Kier molecular flexibility index (Phi) is 3.65. The van der Waals surface area contributed by atoms with E-state index in [1.54, 1.807) is 11.3 Å². The summed E-state index contributed by atoms with van der Waals surface area (Å²) in [5.41, 5.74) is 2.90. The van der Waals surface area contributed by atoms with Crippen LogP contribution >= 0.6 is 11.3 Å². The van der Waals surface area contributed by atoms with Crippen LogP contribution in [0, 0.1) is 0 Å². The van der Waals surface area contributed by atoms with Gasteiger partial charge in [-0.2, -0.15) is 0 Å². The molecule has 1 aromatic carbocycles. The molecule has 0 atom stereocenters.